The Morgan fingerprint density at radius 2 is 1.79 bits per heavy atom. The van der Waals surface area contributed by atoms with Crippen molar-refractivity contribution in [3.05, 3.63) is 43.1 Å². The summed E-state index contributed by atoms with van der Waals surface area (Å²) < 4.78 is 0. The molecule has 1 amide bonds. The molecule has 0 aliphatic carbocycles. The topological polar surface area (TPSA) is 128 Å². The van der Waals surface area contributed by atoms with E-state index >= 15 is 0 Å². The molecule has 0 spiro atoms. The number of carbonyl (C=O) groups is 1. The number of aromatic nitrogens is 7. The standard InChI is InChI=1S/C28H31N9O/c1-28(2,3)11-23(38)32-19-9-17(12-29-14-19)18-10-20-24(35-36-26(20)31-13-18)27-33-21-15-30-16-22(25(21)34-27)37-7-5-4-6-8-37/h9-10,12-16H,4-8,11H2,1-3H3,(H,32,38)(H,33,34)(H,31,35,36). The third-order valence-electron chi connectivity index (χ3n) is 6.76. The lowest BCUT2D eigenvalue weighted by Crippen LogP contribution is -2.29. The van der Waals surface area contributed by atoms with Gasteiger partial charge in [0.25, 0.3) is 0 Å². The van der Waals surface area contributed by atoms with E-state index in [1.807, 2.05) is 45.3 Å². The van der Waals surface area contributed by atoms with E-state index in [2.05, 4.69) is 40.3 Å². The number of piperidine rings is 1. The van der Waals surface area contributed by atoms with E-state index in [1.165, 1.54) is 19.3 Å². The molecule has 1 aliphatic rings. The SMILES string of the molecule is CC(C)(C)CC(=O)Nc1cncc(-c2cnc3n[nH]c(-c4nc5c(N6CCCCC6)cncc5[nH]4)c3c2)c1. The average Bonchev–Trinajstić information content (AvgIpc) is 3.51. The summed E-state index contributed by atoms with van der Waals surface area (Å²) in [6, 6.07) is 3.93. The fraction of sp³-hybridized carbons (Fsp3) is 0.357. The minimum absolute atomic E-state index is 0.0366. The van der Waals surface area contributed by atoms with Crippen LogP contribution in [0.3, 0.4) is 0 Å². The molecule has 0 unspecified atom stereocenters. The van der Waals surface area contributed by atoms with Crippen molar-refractivity contribution in [1.82, 2.24) is 35.1 Å². The summed E-state index contributed by atoms with van der Waals surface area (Å²) in [6.45, 7) is 8.16. The van der Waals surface area contributed by atoms with Crippen LogP contribution in [0.25, 0.3) is 44.7 Å². The first-order valence-corrected chi connectivity index (χ1v) is 13.0. The van der Waals surface area contributed by atoms with Crippen LogP contribution >= 0.6 is 0 Å². The second-order valence-electron chi connectivity index (χ2n) is 11.1. The molecule has 1 saturated heterocycles. The molecule has 6 rings (SSSR count). The largest absolute Gasteiger partial charge is 0.368 e. The summed E-state index contributed by atoms with van der Waals surface area (Å²) in [6.07, 6.45) is 13.0. The molecule has 3 N–H and O–H groups in total. The number of fused-ring (bicyclic) bond motifs is 2. The highest BCUT2D eigenvalue weighted by Crippen LogP contribution is 2.32. The van der Waals surface area contributed by atoms with Gasteiger partial charge >= 0.3 is 0 Å². The summed E-state index contributed by atoms with van der Waals surface area (Å²) in [5, 5.41) is 11.3. The quantitative estimate of drug-likeness (QED) is 0.292. The maximum Gasteiger partial charge on any atom is 0.224 e. The minimum atomic E-state index is -0.0942. The number of pyridine rings is 3. The number of nitrogens with one attached hydrogen (secondary N) is 3. The number of imidazole rings is 1. The first-order chi connectivity index (χ1) is 18.3. The Morgan fingerprint density at radius 3 is 2.61 bits per heavy atom. The van der Waals surface area contributed by atoms with Gasteiger partial charge in [-0.2, -0.15) is 5.10 Å². The molecule has 0 saturated carbocycles. The summed E-state index contributed by atoms with van der Waals surface area (Å²) in [5.41, 5.74) is 6.49. The van der Waals surface area contributed by atoms with Gasteiger partial charge in [0.05, 0.1) is 40.9 Å². The fourth-order valence-corrected chi connectivity index (χ4v) is 4.99. The zero-order chi connectivity index (χ0) is 26.3. The molecule has 0 radical (unpaired) electrons. The van der Waals surface area contributed by atoms with Crippen LogP contribution in [-0.2, 0) is 4.79 Å². The van der Waals surface area contributed by atoms with Crippen LogP contribution in [0.4, 0.5) is 11.4 Å². The Kier molecular flexibility index (Phi) is 6.01. The van der Waals surface area contributed by atoms with Crippen LogP contribution < -0.4 is 10.2 Å². The normalized spacial score (nSPS) is 14.3. The molecule has 10 nitrogen and oxygen atoms in total. The molecule has 194 valence electrons. The third-order valence-corrected chi connectivity index (χ3v) is 6.76. The van der Waals surface area contributed by atoms with E-state index in [0.29, 0.717) is 23.6 Å². The van der Waals surface area contributed by atoms with Gasteiger partial charge < -0.3 is 15.2 Å². The zero-order valence-corrected chi connectivity index (χ0v) is 21.9. The monoisotopic (exact) mass is 509 g/mol. The third kappa shape index (κ3) is 4.81. The highest BCUT2D eigenvalue weighted by atomic mass is 16.1. The molecule has 10 heteroatoms. The first kappa shape index (κ1) is 24.0. The Hall–Kier alpha value is -4.34. The highest BCUT2D eigenvalue weighted by molar-refractivity contribution is 5.96. The summed E-state index contributed by atoms with van der Waals surface area (Å²) in [5.74, 6) is 0.652. The lowest BCUT2D eigenvalue weighted by Gasteiger charge is -2.28. The van der Waals surface area contributed by atoms with Gasteiger partial charge in [-0.3, -0.25) is 19.9 Å². The molecule has 1 fully saturated rings. The Morgan fingerprint density at radius 1 is 1.00 bits per heavy atom. The predicted molar refractivity (Wildman–Crippen MR) is 149 cm³/mol. The fourth-order valence-electron chi connectivity index (χ4n) is 4.99. The van der Waals surface area contributed by atoms with Gasteiger partial charge in [0.2, 0.25) is 5.91 Å². The molecular weight excluding hydrogens is 478 g/mol. The Labute approximate surface area is 220 Å². The number of aromatic amines is 2. The molecule has 0 aromatic carbocycles. The van der Waals surface area contributed by atoms with E-state index in [-0.39, 0.29) is 11.3 Å². The number of carbonyl (C=O) groups excluding carboxylic acids is 1. The van der Waals surface area contributed by atoms with Crippen molar-refractivity contribution in [2.75, 3.05) is 23.3 Å². The second-order valence-corrected chi connectivity index (χ2v) is 11.1. The van der Waals surface area contributed by atoms with Crippen molar-refractivity contribution in [3.63, 3.8) is 0 Å². The van der Waals surface area contributed by atoms with Crippen LogP contribution in [0, 0.1) is 5.41 Å². The minimum Gasteiger partial charge on any atom is -0.368 e. The van der Waals surface area contributed by atoms with Crippen molar-refractivity contribution in [3.8, 4) is 22.6 Å². The second kappa shape index (κ2) is 9.51. The van der Waals surface area contributed by atoms with Gasteiger partial charge in [-0.1, -0.05) is 20.8 Å². The van der Waals surface area contributed by atoms with Gasteiger partial charge in [0.15, 0.2) is 11.5 Å². The molecule has 5 aromatic heterocycles. The van der Waals surface area contributed by atoms with Crippen molar-refractivity contribution in [2.45, 2.75) is 46.5 Å². The maximum absolute atomic E-state index is 12.4. The number of hydrogen-bond acceptors (Lipinski definition) is 7. The van der Waals surface area contributed by atoms with Crippen molar-refractivity contribution in [2.24, 2.45) is 5.41 Å². The Bertz CT molecular complexity index is 1620. The Balaban J connectivity index is 1.33. The summed E-state index contributed by atoms with van der Waals surface area (Å²) in [4.78, 5) is 36.6. The number of nitrogens with zero attached hydrogens (tertiary/aromatic N) is 6. The maximum atomic E-state index is 12.4. The molecule has 0 atom stereocenters. The van der Waals surface area contributed by atoms with Gasteiger partial charge in [-0.05, 0) is 36.8 Å². The van der Waals surface area contributed by atoms with Crippen LogP contribution in [0.5, 0.6) is 0 Å². The number of rotatable bonds is 5. The first-order valence-electron chi connectivity index (χ1n) is 13.0. The van der Waals surface area contributed by atoms with Gasteiger partial charge in [0, 0.05) is 43.0 Å². The van der Waals surface area contributed by atoms with Gasteiger partial charge in [0.1, 0.15) is 11.2 Å². The van der Waals surface area contributed by atoms with Crippen LogP contribution in [0.1, 0.15) is 46.5 Å². The lowest BCUT2D eigenvalue weighted by atomic mass is 9.92. The van der Waals surface area contributed by atoms with E-state index < -0.39 is 0 Å². The van der Waals surface area contributed by atoms with E-state index in [0.717, 1.165) is 52.0 Å². The number of H-pyrrole nitrogens is 2. The number of hydrogen-bond donors (Lipinski definition) is 3. The van der Waals surface area contributed by atoms with E-state index in [9.17, 15) is 4.79 Å². The number of anilines is 2. The highest BCUT2D eigenvalue weighted by Gasteiger charge is 2.20. The summed E-state index contributed by atoms with van der Waals surface area (Å²) in [7, 11) is 0. The van der Waals surface area contributed by atoms with Crippen molar-refractivity contribution in [1.29, 1.82) is 0 Å². The molecule has 5 aromatic rings. The van der Waals surface area contributed by atoms with Gasteiger partial charge in [-0.25, -0.2) is 9.97 Å². The van der Waals surface area contributed by atoms with Crippen molar-refractivity contribution >= 4 is 39.3 Å². The van der Waals surface area contributed by atoms with Crippen molar-refractivity contribution < 1.29 is 4.79 Å². The molecule has 1 aliphatic heterocycles. The summed E-state index contributed by atoms with van der Waals surface area (Å²) >= 11 is 0. The zero-order valence-electron chi connectivity index (χ0n) is 21.9. The van der Waals surface area contributed by atoms with Crippen LogP contribution in [0.15, 0.2) is 43.1 Å². The van der Waals surface area contributed by atoms with Crippen LogP contribution in [-0.4, -0.2) is 54.1 Å². The lowest BCUT2D eigenvalue weighted by molar-refractivity contribution is -0.117. The molecule has 6 heterocycles. The molecular formula is C28H31N9O. The van der Waals surface area contributed by atoms with E-state index in [4.69, 9.17) is 4.98 Å². The van der Waals surface area contributed by atoms with Gasteiger partial charge in [-0.15, -0.1) is 0 Å². The smallest absolute Gasteiger partial charge is 0.224 e. The molecule has 0 bridgehead atoms. The molecule has 38 heavy (non-hydrogen) atoms. The van der Waals surface area contributed by atoms with Crippen LogP contribution in [0.2, 0.25) is 0 Å². The van der Waals surface area contributed by atoms with E-state index in [1.54, 1.807) is 18.6 Å². The average molecular weight is 510 g/mol. The predicted octanol–water partition coefficient (Wildman–Crippen LogP) is 5.32. The number of amides is 1.